The summed E-state index contributed by atoms with van der Waals surface area (Å²) in [6.07, 6.45) is 0. The van der Waals surface area contributed by atoms with Gasteiger partial charge in [0.15, 0.2) is 0 Å². The number of carbonyl (C=O) groups excluding carboxylic acids is 1. The van der Waals surface area contributed by atoms with Crippen LogP contribution in [0.25, 0.3) is 0 Å². The Morgan fingerprint density at radius 2 is 1.94 bits per heavy atom. The van der Waals surface area contributed by atoms with E-state index < -0.39 is 0 Å². The summed E-state index contributed by atoms with van der Waals surface area (Å²) in [5, 5.41) is 3.24. The van der Waals surface area contributed by atoms with E-state index in [-0.39, 0.29) is 18.1 Å². The first-order valence-corrected chi connectivity index (χ1v) is 5.87. The Hall–Kier alpha value is -1.35. The molecule has 0 spiro atoms. The second kappa shape index (κ2) is 5.82. The Kier molecular flexibility index (Phi) is 4.70. The van der Waals surface area contributed by atoms with Crippen molar-refractivity contribution in [3.63, 3.8) is 0 Å². The maximum Gasteiger partial charge on any atom is 0.327 e. The minimum absolute atomic E-state index is 0.221. The average Bonchev–Trinajstić information content (AvgIpc) is 2.29. The molecule has 1 atom stereocenters. The summed E-state index contributed by atoms with van der Waals surface area (Å²) < 4.78 is 4.86. The number of hydrogen-bond donors (Lipinski definition) is 1. The van der Waals surface area contributed by atoms with Gasteiger partial charge in [0.05, 0.1) is 7.11 Å². The molecule has 0 saturated heterocycles. The predicted molar refractivity (Wildman–Crippen MR) is 68.9 cm³/mol. The zero-order valence-corrected chi connectivity index (χ0v) is 11.2. The first-order valence-electron chi connectivity index (χ1n) is 5.87. The molecule has 1 rings (SSSR count). The van der Waals surface area contributed by atoms with Crippen molar-refractivity contribution in [1.29, 1.82) is 0 Å². The van der Waals surface area contributed by atoms with Crippen LogP contribution in [0.2, 0.25) is 0 Å². The summed E-state index contributed by atoms with van der Waals surface area (Å²) in [4.78, 5) is 11.8. The van der Waals surface area contributed by atoms with Gasteiger partial charge >= 0.3 is 5.97 Å². The molecule has 1 N–H and O–H groups in total. The van der Waals surface area contributed by atoms with Crippen molar-refractivity contribution in [3.05, 3.63) is 34.9 Å². The van der Waals surface area contributed by atoms with Crippen molar-refractivity contribution < 1.29 is 9.53 Å². The van der Waals surface area contributed by atoms with Crippen LogP contribution in [-0.4, -0.2) is 19.1 Å². The summed E-state index contributed by atoms with van der Waals surface area (Å²) in [5.74, 6) is -0.243. The summed E-state index contributed by atoms with van der Waals surface area (Å²) in [6.45, 7) is 8.10. The minimum atomic E-state index is -0.389. The van der Waals surface area contributed by atoms with Crippen molar-refractivity contribution in [3.8, 4) is 0 Å². The predicted octanol–water partition coefficient (Wildman–Crippen LogP) is 2.52. The van der Waals surface area contributed by atoms with Crippen molar-refractivity contribution in [2.45, 2.75) is 39.8 Å². The summed E-state index contributed by atoms with van der Waals surface area (Å²) >= 11 is 0. The van der Waals surface area contributed by atoms with Gasteiger partial charge in [-0.2, -0.15) is 0 Å². The molecule has 0 aliphatic rings. The lowest BCUT2D eigenvalue weighted by Gasteiger charge is -2.21. The fraction of sp³-hybridized carbons (Fsp3) is 0.500. The van der Waals surface area contributed by atoms with Crippen LogP contribution < -0.4 is 5.32 Å². The van der Waals surface area contributed by atoms with Gasteiger partial charge in [0.25, 0.3) is 0 Å². The highest BCUT2D eigenvalue weighted by Gasteiger charge is 2.23. The van der Waals surface area contributed by atoms with Crippen LogP contribution >= 0.6 is 0 Å². The smallest absolute Gasteiger partial charge is 0.327 e. The van der Waals surface area contributed by atoms with E-state index >= 15 is 0 Å². The quantitative estimate of drug-likeness (QED) is 0.815. The molecule has 0 aliphatic carbocycles. The Morgan fingerprint density at radius 1 is 1.29 bits per heavy atom. The molecule has 17 heavy (non-hydrogen) atoms. The number of aryl methyl sites for hydroxylation is 1. The average molecular weight is 235 g/mol. The summed E-state index contributed by atoms with van der Waals surface area (Å²) in [5.41, 5.74) is 3.31. The minimum Gasteiger partial charge on any atom is -0.468 e. The molecule has 0 bridgehead atoms. The van der Waals surface area contributed by atoms with E-state index in [1.54, 1.807) is 0 Å². The fourth-order valence-electron chi connectivity index (χ4n) is 1.82. The van der Waals surface area contributed by atoms with Crippen LogP contribution in [0.1, 0.15) is 36.6 Å². The number of esters is 1. The third-order valence-corrected chi connectivity index (χ3v) is 2.89. The SMILES string of the molecule is COC(=O)C(NC(C)C)c1cccc(C)c1C. The highest BCUT2D eigenvalue weighted by atomic mass is 16.5. The number of rotatable bonds is 4. The third-order valence-electron chi connectivity index (χ3n) is 2.89. The second-order valence-electron chi connectivity index (χ2n) is 4.57. The summed E-state index contributed by atoms with van der Waals surface area (Å²) in [7, 11) is 1.42. The first kappa shape index (κ1) is 13.7. The highest BCUT2D eigenvalue weighted by Crippen LogP contribution is 2.22. The van der Waals surface area contributed by atoms with E-state index in [9.17, 15) is 4.79 Å². The Labute approximate surface area is 103 Å². The molecule has 0 saturated carbocycles. The number of carbonyl (C=O) groups is 1. The molecule has 1 aromatic carbocycles. The maximum atomic E-state index is 11.8. The molecule has 1 aromatic rings. The number of benzene rings is 1. The van der Waals surface area contributed by atoms with Crippen molar-refractivity contribution in [1.82, 2.24) is 5.32 Å². The third kappa shape index (κ3) is 3.30. The van der Waals surface area contributed by atoms with Crippen LogP contribution in [-0.2, 0) is 9.53 Å². The van der Waals surface area contributed by atoms with Crippen molar-refractivity contribution in [2.75, 3.05) is 7.11 Å². The van der Waals surface area contributed by atoms with Gasteiger partial charge in [0.1, 0.15) is 6.04 Å². The van der Waals surface area contributed by atoms with Crippen LogP contribution in [0, 0.1) is 13.8 Å². The summed E-state index contributed by atoms with van der Waals surface area (Å²) in [6, 6.07) is 5.82. The second-order valence-corrected chi connectivity index (χ2v) is 4.57. The molecule has 0 aromatic heterocycles. The largest absolute Gasteiger partial charge is 0.468 e. The van der Waals surface area contributed by atoms with Gasteiger partial charge in [-0.25, -0.2) is 4.79 Å². The lowest BCUT2D eigenvalue weighted by atomic mass is 9.97. The molecule has 0 amide bonds. The van der Waals surface area contributed by atoms with Gasteiger partial charge in [-0.1, -0.05) is 18.2 Å². The normalized spacial score (nSPS) is 12.6. The van der Waals surface area contributed by atoms with E-state index in [1.165, 1.54) is 12.7 Å². The number of ether oxygens (including phenoxy) is 1. The molecular formula is C14H21NO2. The van der Waals surface area contributed by atoms with E-state index in [0.29, 0.717) is 0 Å². The topological polar surface area (TPSA) is 38.3 Å². The van der Waals surface area contributed by atoms with E-state index in [1.807, 2.05) is 45.9 Å². The van der Waals surface area contributed by atoms with Crippen molar-refractivity contribution >= 4 is 5.97 Å². The number of nitrogens with one attached hydrogen (secondary N) is 1. The number of hydrogen-bond acceptors (Lipinski definition) is 3. The molecule has 0 radical (unpaired) electrons. The lowest BCUT2D eigenvalue weighted by molar-refractivity contribution is -0.143. The van der Waals surface area contributed by atoms with Crippen LogP contribution in [0.4, 0.5) is 0 Å². The van der Waals surface area contributed by atoms with E-state index in [2.05, 4.69) is 5.32 Å². The molecule has 1 unspecified atom stereocenters. The van der Waals surface area contributed by atoms with Gasteiger partial charge in [-0.05, 0) is 44.4 Å². The Balaban J connectivity index is 3.12. The van der Waals surface area contributed by atoms with Crippen LogP contribution in [0.5, 0.6) is 0 Å². The highest BCUT2D eigenvalue weighted by molar-refractivity contribution is 5.78. The maximum absolute atomic E-state index is 11.8. The van der Waals surface area contributed by atoms with Crippen LogP contribution in [0.15, 0.2) is 18.2 Å². The van der Waals surface area contributed by atoms with Gasteiger partial charge in [-0.15, -0.1) is 0 Å². The number of methoxy groups -OCH3 is 1. The molecule has 0 aliphatic heterocycles. The molecule has 0 fully saturated rings. The Bertz CT molecular complexity index is 399. The van der Waals surface area contributed by atoms with Gasteiger partial charge in [0.2, 0.25) is 0 Å². The zero-order chi connectivity index (χ0) is 13.0. The van der Waals surface area contributed by atoms with Crippen molar-refractivity contribution in [2.24, 2.45) is 0 Å². The van der Waals surface area contributed by atoms with E-state index in [0.717, 1.165) is 11.1 Å². The molecular weight excluding hydrogens is 214 g/mol. The van der Waals surface area contributed by atoms with Crippen LogP contribution in [0.3, 0.4) is 0 Å². The van der Waals surface area contributed by atoms with Gasteiger partial charge in [0, 0.05) is 6.04 Å². The van der Waals surface area contributed by atoms with Gasteiger partial charge in [-0.3, -0.25) is 5.32 Å². The standard InChI is InChI=1S/C14H21NO2/c1-9(2)15-13(14(16)17-5)12-8-6-7-10(3)11(12)4/h6-9,13,15H,1-5H3. The van der Waals surface area contributed by atoms with Gasteiger partial charge < -0.3 is 4.74 Å². The zero-order valence-electron chi connectivity index (χ0n) is 11.2. The molecule has 3 nitrogen and oxygen atoms in total. The molecule has 3 heteroatoms. The molecule has 0 heterocycles. The molecule has 94 valence electrons. The lowest BCUT2D eigenvalue weighted by Crippen LogP contribution is -2.35. The fourth-order valence-corrected chi connectivity index (χ4v) is 1.82. The Morgan fingerprint density at radius 3 is 2.47 bits per heavy atom. The first-order chi connectivity index (χ1) is 7.97. The van der Waals surface area contributed by atoms with E-state index in [4.69, 9.17) is 4.74 Å². The monoisotopic (exact) mass is 235 g/mol.